The SMILES string of the molecule is O=C1Cc2cc(Br)ccc2-n2c(nnc2C2CCC(Oc3ccccn3)CC2)C1. The molecule has 1 aliphatic carbocycles. The third-order valence-electron chi connectivity index (χ3n) is 5.74. The third kappa shape index (κ3) is 3.71. The monoisotopic (exact) mass is 452 g/mol. The Morgan fingerprint density at radius 2 is 1.90 bits per heavy atom. The van der Waals surface area contributed by atoms with Crippen molar-refractivity contribution in [3.63, 3.8) is 0 Å². The van der Waals surface area contributed by atoms with Gasteiger partial charge in [-0.2, -0.15) is 0 Å². The highest BCUT2D eigenvalue weighted by atomic mass is 79.9. The van der Waals surface area contributed by atoms with E-state index in [4.69, 9.17) is 4.74 Å². The molecule has 29 heavy (non-hydrogen) atoms. The number of rotatable bonds is 3. The predicted molar refractivity (Wildman–Crippen MR) is 111 cm³/mol. The van der Waals surface area contributed by atoms with Crippen LogP contribution in [0.25, 0.3) is 5.69 Å². The molecule has 7 heteroatoms. The maximum absolute atomic E-state index is 12.4. The Morgan fingerprint density at radius 1 is 1.03 bits per heavy atom. The van der Waals surface area contributed by atoms with Gasteiger partial charge >= 0.3 is 0 Å². The Kier molecular flexibility index (Phi) is 4.91. The van der Waals surface area contributed by atoms with Gasteiger partial charge in [-0.15, -0.1) is 10.2 Å². The first-order valence-corrected chi connectivity index (χ1v) is 10.8. The number of Topliss-reactive ketones (excluding diaryl/α,β-unsaturated/α-hetero) is 1. The van der Waals surface area contributed by atoms with Gasteiger partial charge in [0.1, 0.15) is 23.5 Å². The van der Waals surface area contributed by atoms with E-state index in [2.05, 4.69) is 41.7 Å². The fourth-order valence-electron chi connectivity index (χ4n) is 4.36. The van der Waals surface area contributed by atoms with E-state index in [0.29, 0.717) is 24.6 Å². The van der Waals surface area contributed by atoms with Crippen molar-refractivity contribution in [1.29, 1.82) is 0 Å². The minimum Gasteiger partial charge on any atom is -0.474 e. The molecule has 1 aromatic carbocycles. The van der Waals surface area contributed by atoms with Gasteiger partial charge in [0.15, 0.2) is 0 Å². The number of carbonyl (C=O) groups excluding carboxylic acids is 1. The zero-order valence-electron chi connectivity index (χ0n) is 15.9. The zero-order chi connectivity index (χ0) is 19.8. The first-order chi connectivity index (χ1) is 14.2. The molecule has 2 aliphatic rings. The van der Waals surface area contributed by atoms with Crippen molar-refractivity contribution < 1.29 is 9.53 Å². The first kappa shape index (κ1) is 18.5. The molecule has 1 fully saturated rings. The van der Waals surface area contributed by atoms with E-state index < -0.39 is 0 Å². The summed E-state index contributed by atoms with van der Waals surface area (Å²) in [4.78, 5) is 16.7. The van der Waals surface area contributed by atoms with E-state index in [9.17, 15) is 4.79 Å². The van der Waals surface area contributed by atoms with Gasteiger partial charge in [-0.1, -0.05) is 22.0 Å². The Hall–Kier alpha value is -2.54. The minimum absolute atomic E-state index is 0.175. The molecule has 3 heterocycles. The average molecular weight is 453 g/mol. The zero-order valence-corrected chi connectivity index (χ0v) is 17.5. The van der Waals surface area contributed by atoms with Crippen LogP contribution in [-0.2, 0) is 17.6 Å². The molecule has 0 saturated heterocycles. The van der Waals surface area contributed by atoms with E-state index >= 15 is 0 Å². The Labute approximate surface area is 177 Å². The van der Waals surface area contributed by atoms with Crippen molar-refractivity contribution in [1.82, 2.24) is 19.7 Å². The molecule has 1 aliphatic heterocycles. The molecule has 0 radical (unpaired) electrons. The standard InChI is InChI=1S/C22H21BrN4O2/c23-16-6-9-19-15(11-16)12-17(28)13-20-25-26-22(27(19)20)14-4-7-18(8-5-14)29-21-3-1-2-10-24-21/h1-3,6,9-11,14,18H,4-5,7-8,12-13H2. The van der Waals surface area contributed by atoms with Crippen LogP contribution in [0.15, 0.2) is 47.1 Å². The molecule has 0 atom stereocenters. The second-order valence-electron chi connectivity index (χ2n) is 7.73. The number of fused-ring (bicyclic) bond motifs is 3. The number of hydrogen-bond donors (Lipinski definition) is 0. The number of halogens is 1. The Bertz CT molecular complexity index is 1040. The van der Waals surface area contributed by atoms with E-state index in [1.54, 1.807) is 6.20 Å². The van der Waals surface area contributed by atoms with Gasteiger partial charge in [-0.25, -0.2) is 4.98 Å². The van der Waals surface area contributed by atoms with Crippen molar-refractivity contribution in [2.75, 3.05) is 0 Å². The van der Waals surface area contributed by atoms with Crippen LogP contribution in [0.4, 0.5) is 0 Å². The quantitative estimate of drug-likeness (QED) is 0.595. The lowest BCUT2D eigenvalue weighted by Gasteiger charge is -2.28. The Balaban J connectivity index is 1.39. The number of aromatic nitrogens is 4. The topological polar surface area (TPSA) is 69.9 Å². The van der Waals surface area contributed by atoms with Gasteiger partial charge in [-0.3, -0.25) is 9.36 Å². The van der Waals surface area contributed by atoms with Crippen LogP contribution < -0.4 is 4.74 Å². The molecule has 3 aromatic rings. The molecule has 6 nitrogen and oxygen atoms in total. The molecule has 5 rings (SSSR count). The van der Waals surface area contributed by atoms with E-state index in [-0.39, 0.29) is 11.9 Å². The van der Waals surface area contributed by atoms with Gasteiger partial charge in [-0.05, 0) is 55.5 Å². The normalized spacial score (nSPS) is 21.2. The van der Waals surface area contributed by atoms with Crippen LogP contribution in [0.1, 0.15) is 48.8 Å². The lowest BCUT2D eigenvalue weighted by atomic mass is 9.86. The van der Waals surface area contributed by atoms with Crippen LogP contribution in [0, 0.1) is 0 Å². The summed E-state index contributed by atoms with van der Waals surface area (Å²) in [6, 6.07) is 11.8. The van der Waals surface area contributed by atoms with Crippen molar-refractivity contribution in [2.24, 2.45) is 0 Å². The highest BCUT2D eigenvalue weighted by Gasteiger charge is 2.31. The summed E-state index contributed by atoms with van der Waals surface area (Å²) in [6.45, 7) is 0. The summed E-state index contributed by atoms with van der Waals surface area (Å²) in [5.74, 6) is 2.89. The Morgan fingerprint density at radius 3 is 2.69 bits per heavy atom. The highest BCUT2D eigenvalue weighted by Crippen LogP contribution is 2.36. The number of carbonyl (C=O) groups is 1. The smallest absolute Gasteiger partial charge is 0.213 e. The molecule has 2 aromatic heterocycles. The molecule has 0 N–H and O–H groups in total. The summed E-state index contributed by atoms with van der Waals surface area (Å²) in [5, 5.41) is 8.91. The maximum Gasteiger partial charge on any atom is 0.213 e. The average Bonchev–Trinajstić information content (AvgIpc) is 3.06. The van der Waals surface area contributed by atoms with E-state index in [0.717, 1.165) is 53.1 Å². The number of hydrogen-bond acceptors (Lipinski definition) is 5. The largest absolute Gasteiger partial charge is 0.474 e. The molecular formula is C22H21BrN4O2. The number of ether oxygens (including phenoxy) is 1. The summed E-state index contributed by atoms with van der Waals surface area (Å²) in [6.07, 6.45) is 6.57. The molecule has 148 valence electrons. The number of nitrogens with zero attached hydrogens (tertiary/aromatic N) is 4. The second-order valence-corrected chi connectivity index (χ2v) is 8.65. The summed E-state index contributed by atoms with van der Waals surface area (Å²) in [5.41, 5.74) is 2.05. The second kappa shape index (κ2) is 7.71. The summed E-state index contributed by atoms with van der Waals surface area (Å²) < 4.78 is 9.14. The molecule has 1 saturated carbocycles. The third-order valence-corrected chi connectivity index (χ3v) is 6.24. The maximum atomic E-state index is 12.4. The highest BCUT2D eigenvalue weighted by molar-refractivity contribution is 9.10. The fourth-order valence-corrected chi connectivity index (χ4v) is 4.77. The van der Waals surface area contributed by atoms with Crippen molar-refractivity contribution >= 4 is 21.7 Å². The number of ketones is 1. The van der Waals surface area contributed by atoms with Crippen LogP contribution >= 0.6 is 15.9 Å². The summed E-state index contributed by atoms with van der Waals surface area (Å²) >= 11 is 3.52. The predicted octanol–water partition coefficient (Wildman–Crippen LogP) is 4.20. The van der Waals surface area contributed by atoms with Crippen molar-refractivity contribution in [2.45, 2.75) is 50.5 Å². The van der Waals surface area contributed by atoms with Gasteiger partial charge in [0.2, 0.25) is 5.88 Å². The molecule has 0 amide bonds. The van der Waals surface area contributed by atoms with Crippen molar-refractivity contribution in [3.05, 3.63) is 64.3 Å². The van der Waals surface area contributed by atoms with Crippen LogP contribution in [0.2, 0.25) is 0 Å². The number of benzene rings is 1. The van der Waals surface area contributed by atoms with E-state index in [1.165, 1.54) is 0 Å². The van der Waals surface area contributed by atoms with Gasteiger partial charge in [0.05, 0.1) is 12.1 Å². The van der Waals surface area contributed by atoms with Crippen LogP contribution in [-0.4, -0.2) is 31.6 Å². The van der Waals surface area contributed by atoms with Crippen LogP contribution in [0.5, 0.6) is 5.88 Å². The van der Waals surface area contributed by atoms with Crippen molar-refractivity contribution in [3.8, 4) is 11.6 Å². The lowest BCUT2D eigenvalue weighted by Crippen LogP contribution is -2.25. The van der Waals surface area contributed by atoms with Gasteiger partial charge in [0.25, 0.3) is 0 Å². The summed E-state index contributed by atoms with van der Waals surface area (Å²) in [7, 11) is 0. The van der Waals surface area contributed by atoms with Crippen LogP contribution in [0.3, 0.4) is 0 Å². The molecule has 0 spiro atoms. The van der Waals surface area contributed by atoms with Gasteiger partial charge in [0, 0.05) is 29.1 Å². The first-order valence-electron chi connectivity index (χ1n) is 10.00. The minimum atomic E-state index is 0.175. The fraction of sp³-hybridized carbons (Fsp3) is 0.364. The molecule has 0 unspecified atom stereocenters. The number of pyridine rings is 1. The van der Waals surface area contributed by atoms with E-state index in [1.807, 2.05) is 30.3 Å². The lowest BCUT2D eigenvalue weighted by molar-refractivity contribution is -0.117. The molecular weight excluding hydrogens is 432 g/mol. The molecule has 0 bridgehead atoms. The van der Waals surface area contributed by atoms with Gasteiger partial charge < -0.3 is 4.74 Å².